The standard InChI is InChI=1S/C34H38N4O2/c39-31(21-24-9-5-6-10-24)35-28-17-18-30-29(22-28)32(34(40)37-30)33(26-11-3-1-4-12-26)36-27-15-13-25(14-16-27)23-38-19-7-2-8-20-38/h1,3-4,11-18,22,24,37,40H,2,5-10,19-21,23H2,(H,35,39). The summed E-state index contributed by atoms with van der Waals surface area (Å²) in [6.45, 7) is 3.30. The number of fused-ring (bicyclic) bond motifs is 1. The van der Waals surface area contributed by atoms with Crippen LogP contribution in [0.15, 0.2) is 77.8 Å². The first kappa shape index (κ1) is 26.3. The highest BCUT2D eigenvalue weighted by Gasteiger charge is 2.21. The van der Waals surface area contributed by atoms with Gasteiger partial charge in [-0.25, -0.2) is 4.99 Å². The van der Waals surface area contributed by atoms with Gasteiger partial charge < -0.3 is 15.4 Å². The number of hydrogen-bond donors (Lipinski definition) is 3. The number of aliphatic imine (C=N–C) groups is 1. The molecule has 0 radical (unpaired) electrons. The van der Waals surface area contributed by atoms with Crippen LogP contribution in [-0.2, 0) is 11.3 Å². The second-order valence-corrected chi connectivity index (χ2v) is 11.3. The van der Waals surface area contributed by atoms with Gasteiger partial charge in [0, 0.05) is 35.1 Å². The molecule has 0 bridgehead atoms. The van der Waals surface area contributed by atoms with Gasteiger partial charge in [-0.1, -0.05) is 61.7 Å². The maximum absolute atomic E-state index is 12.7. The van der Waals surface area contributed by atoms with Crippen LogP contribution in [0.4, 0.5) is 11.4 Å². The lowest BCUT2D eigenvalue weighted by atomic mass is 10.00. The van der Waals surface area contributed by atoms with Crippen molar-refractivity contribution in [1.29, 1.82) is 0 Å². The first-order valence-electron chi connectivity index (χ1n) is 14.7. The van der Waals surface area contributed by atoms with E-state index in [4.69, 9.17) is 4.99 Å². The zero-order chi connectivity index (χ0) is 27.3. The lowest BCUT2D eigenvalue weighted by Gasteiger charge is -2.26. The average Bonchev–Trinajstić information content (AvgIpc) is 3.60. The summed E-state index contributed by atoms with van der Waals surface area (Å²) in [5.41, 5.74) is 5.86. The highest BCUT2D eigenvalue weighted by atomic mass is 16.3. The summed E-state index contributed by atoms with van der Waals surface area (Å²) >= 11 is 0. The SMILES string of the molecule is O=C(CC1CCCC1)Nc1ccc2[nH]c(O)c(C(=Nc3ccc(CN4CCCCC4)cc3)c3ccccc3)c2c1. The van der Waals surface area contributed by atoms with E-state index in [1.54, 1.807) is 0 Å². The fourth-order valence-corrected chi connectivity index (χ4v) is 6.23. The minimum absolute atomic E-state index is 0.0501. The van der Waals surface area contributed by atoms with Crippen LogP contribution in [0.2, 0.25) is 0 Å². The summed E-state index contributed by atoms with van der Waals surface area (Å²) in [6.07, 6.45) is 9.18. The van der Waals surface area contributed by atoms with Crippen LogP contribution in [0.5, 0.6) is 5.88 Å². The predicted octanol–water partition coefficient (Wildman–Crippen LogP) is 7.55. The Labute approximate surface area is 236 Å². The molecule has 3 N–H and O–H groups in total. The number of nitrogens with zero attached hydrogens (tertiary/aromatic N) is 2. The van der Waals surface area contributed by atoms with E-state index in [1.807, 2.05) is 48.5 Å². The lowest BCUT2D eigenvalue weighted by Crippen LogP contribution is -2.28. The number of nitrogens with one attached hydrogen (secondary N) is 2. The van der Waals surface area contributed by atoms with Gasteiger partial charge in [0.05, 0.1) is 17.0 Å². The van der Waals surface area contributed by atoms with Crippen LogP contribution in [0.25, 0.3) is 10.9 Å². The number of carbonyl (C=O) groups is 1. The molecule has 1 saturated heterocycles. The number of piperidine rings is 1. The van der Waals surface area contributed by atoms with Gasteiger partial charge in [-0.15, -0.1) is 0 Å². The molecule has 1 aromatic heterocycles. The number of hydrogen-bond acceptors (Lipinski definition) is 4. The zero-order valence-corrected chi connectivity index (χ0v) is 23.0. The molecule has 2 heterocycles. The number of likely N-dealkylation sites (tertiary alicyclic amines) is 1. The molecular formula is C34H38N4O2. The van der Waals surface area contributed by atoms with E-state index in [2.05, 4.69) is 39.5 Å². The fraction of sp³-hybridized carbons (Fsp3) is 0.353. The van der Waals surface area contributed by atoms with E-state index in [1.165, 1.54) is 50.8 Å². The average molecular weight is 535 g/mol. The summed E-state index contributed by atoms with van der Waals surface area (Å²) < 4.78 is 0. The molecule has 1 amide bonds. The Morgan fingerprint density at radius 3 is 2.42 bits per heavy atom. The quantitative estimate of drug-likeness (QED) is 0.204. The van der Waals surface area contributed by atoms with Crippen molar-refractivity contribution in [3.63, 3.8) is 0 Å². The summed E-state index contributed by atoms with van der Waals surface area (Å²) in [7, 11) is 0. The van der Waals surface area contributed by atoms with Crippen LogP contribution in [0, 0.1) is 5.92 Å². The molecule has 206 valence electrons. The van der Waals surface area contributed by atoms with Crippen molar-refractivity contribution >= 4 is 33.9 Å². The van der Waals surface area contributed by atoms with Crippen molar-refractivity contribution in [2.24, 2.45) is 10.9 Å². The van der Waals surface area contributed by atoms with E-state index in [-0.39, 0.29) is 11.8 Å². The Morgan fingerprint density at radius 2 is 1.68 bits per heavy atom. The van der Waals surface area contributed by atoms with Gasteiger partial charge in [0.2, 0.25) is 5.91 Å². The smallest absolute Gasteiger partial charge is 0.224 e. The minimum atomic E-state index is 0.0501. The van der Waals surface area contributed by atoms with Crippen molar-refractivity contribution in [3.8, 4) is 5.88 Å². The second-order valence-electron chi connectivity index (χ2n) is 11.3. The molecule has 0 atom stereocenters. The number of aromatic nitrogens is 1. The molecule has 0 unspecified atom stereocenters. The monoisotopic (exact) mass is 534 g/mol. The molecule has 40 heavy (non-hydrogen) atoms. The van der Waals surface area contributed by atoms with E-state index in [0.717, 1.165) is 47.2 Å². The number of aromatic amines is 1. The molecule has 1 saturated carbocycles. The van der Waals surface area contributed by atoms with E-state index >= 15 is 0 Å². The molecule has 0 spiro atoms. The lowest BCUT2D eigenvalue weighted by molar-refractivity contribution is -0.117. The third kappa shape index (κ3) is 6.13. The number of rotatable bonds is 8. The fourth-order valence-electron chi connectivity index (χ4n) is 6.23. The van der Waals surface area contributed by atoms with Crippen LogP contribution < -0.4 is 5.32 Å². The van der Waals surface area contributed by atoms with Crippen molar-refractivity contribution in [2.45, 2.75) is 57.9 Å². The van der Waals surface area contributed by atoms with Crippen molar-refractivity contribution in [1.82, 2.24) is 9.88 Å². The zero-order valence-electron chi connectivity index (χ0n) is 23.0. The minimum Gasteiger partial charge on any atom is -0.494 e. The van der Waals surface area contributed by atoms with Gasteiger partial charge in [0.25, 0.3) is 0 Å². The normalized spacial score (nSPS) is 16.9. The molecule has 2 aliphatic rings. The largest absolute Gasteiger partial charge is 0.494 e. The molecule has 3 aromatic carbocycles. The van der Waals surface area contributed by atoms with Crippen molar-refractivity contribution in [3.05, 3.63) is 89.5 Å². The van der Waals surface area contributed by atoms with Gasteiger partial charge in [0.1, 0.15) is 0 Å². The molecule has 6 rings (SSSR count). The van der Waals surface area contributed by atoms with Crippen LogP contribution in [0.3, 0.4) is 0 Å². The molecule has 1 aliphatic heterocycles. The Hall–Kier alpha value is -3.90. The number of aromatic hydroxyl groups is 1. The third-order valence-electron chi connectivity index (χ3n) is 8.33. The van der Waals surface area contributed by atoms with E-state index in [0.29, 0.717) is 23.6 Å². The maximum atomic E-state index is 12.7. The van der Waals surface area contributed by atoms with Crippen molar-refractivity contribution in [2.75, 3.05) is 18.4 Å². The number of carbonyl (C=O) groups excluding carboxylic acids is 1. The maximum Gasteiger partial charge on any atom is 0.224 e. The molecule has 2 fully saturated rings. The molecule has 1 aliphatic carbocycles. The Balaban J connectivity index is 1.31. The number of H-pyrrole nitrogens is 1. The summed E-state index contributed by atoms with van der Waals surface area (Å²) in [5.74, 6) is 0.599. The first-order chi connectivity index (χ1) is 19.6. The summed E-state index contributed by atoms with van der Waals surface area (Å²) in [5, 5.41) is 15.0. The summed E-state index contributed by atoms with van der Waals surface area (Å²) in [6, 6.07) is 24.1. The highest BCUT2D eigenvalue weighted by molar-refractivity contribution is 6.22. The number of anilines is 1. The molecule has 6 nitrogen and oxygen atoms in total. The predicted molar refractivity (Wildman–Crippen MR) is 162 cm³/mol. The second kappa shape index (κ2) is 12.1. The van der Waals surface area contributed by atoms with E-state index < -0.39 is 0 Å². The Kier molecular flexibility index (Phi) is 7.96. The van der Waals surface area contributed by atoms with Crippen LogP contribution in [-0.4, -0.2) is 39.7 Å². The third-order valence-corrected chi connectivity index (χ3v) is 8.33. The molecule has 4 aromatic rings. The number of benzene rings is 3. The highest BCUT2D eigenvalue weighted by Crippen LogP contribution is 2.34. The van der Waals surface area contributed by atoms with Gasteiger partial charge in [-0.3, -0.25) is 9.69 Å². The van der Waals surface area contributed by atoms with Gasteiger partial charge in [-0.05, 0) is 80.6 Å². The topological polar surface area (TPSA) is 80.7 Å². The van der Waals surface area contributed by atoms with Crippen molar-refractivity contribution < 1.29 is 9.90 Å². The molecule has 6 heteroatoms. The number of amides is 1. The van der Waals surface area contributed by atoms with Crippen LogP contribution in [0.1, 0.15) is 68.1 Å². The first-order valence-corrected chi connectivity index (χ1v) is 14.7. The van der Waals surface area contributed by atoms with Crippen LogP contribution >= 0.6 is 0 Å². The van der Waals surface area contributed by atoms with Gasteiger partial charge >= 0.3 is 0 Å². The van der Waals surface area contributed by atoms with Gasteiger partial charge in [0.15, 0.2) is 5.88 Å². The van der Waals surface area contributed by atoms with Gasteiger partial charge in [-0.2, -0.15) is 0 Å². The summed E-state index contributed by atoms with van der Waals surface area (Å²) in [4.78, 5) is 23.4. The Morgan fingerprint density at radius 1 is 0.925 bits per heavy atom. The Bertz CT molecular complexity index is 1480. The van der Waals surface area contributed by atoms with E-state index in [9.17, 15) is 9.90 Å². The molecular weight excluding hydrogens is 496 g/mol.